The van der Waals surface area contributed by atoms with Crippen LogP contribution in [0.2, 0.25) is 5.02 Å². The number of carbonyl (C=O) groups excluding carboxylic acids is 2. The Morgan fingerprint density at radius 1 is 1.21 bits per heavy atom. The summed E-state index contributed by atoms with van der Waals surface area (Å²) in [6.07, 6.45) is 1.81. The molecule has 7 heteroatoms. The van der Waals surface area contributed by atoms with Gasteiger partial charge in [0.2, 0.25) is 5.91 Å². The molecule has 2 aromatic carbocycles. The van der Waals surface area contributed by atoms with Crippen LogP contribution in [0.5, 0.6) is 5.75 Å². The molecule has 0 spiro atoms. The van der Waals surface area contributed by atoms with Crippen LogP contribution in [-0.2, 0) is 16.1 Å². The predicted molar refractivity (Wildman–Crippen MR) is 111 cm³/mol. The summed E-state index contributed by atoms with van der Waals surface area (Å²) in [4.78, 5) is 26.8. The van der Waals surface area contributed by atoms with E-state index < -0.39 is 17.8 Å². The SMILES string of the molecule is CCCCNC(=O)[C@H](C)N(Cc1cccc(Cl)c1)C(=O)COc1ccccc1F. The van der Waals surface area contributed by atoms with Crippen molar-refractivity contribution >= 4 is 23.4 Å². The van der Waals surface area contributed by atoms with Crippen molar-refractivity contribution in [2.45, 2.75) is 39.3 Å². The third-order valence-corrected chi connectivity index (χ3v) is 4.66. The van der Waals surface area contributed by atoms with Gasteiger partial charge >= 0.3 is 0 Å². The van der Waals surface area contributed by atoms with Crippen LogP contribution in [0.4, 0.5) is 4.39 Å². The molecule has 0 saturated carbocycles. The smallest absolute Gasteiger partial charge is 0.261 e. The minimum absolute atomic E-state index is 0.0106. The Hall–Kier alpha value is -2.60. The lowest BCUT2D eigenvalue weighted by atomic mass is 10.1. The molecule has 5 nitrogen and oxygen atoms in total. The summed E-state index contributed by atoms with van der Waals surface area (Å²) >= 11 is 6.04. The molecule has 0 saturated heterocycles. The molecule has 0 heterocycles. The van der Waals surface area contributed by atoms with Gasteiger partial charge in [0, 0.05) is 18.1 Å². The van der Waals surface area contributed by atoms with Crippen molar-refractivity contribution in [2.24, 2.45) is 0 Å². The van der Waals surface area contributed by atoms with Gasteiger partial charge in [-0.2, -0.15) is 0 Å². The topological polar surface area (TPSA) is 58.6 Å². The molecular formula is C22H26ClFN2O3. The van der Waals surface area contributed by atoms with Gasteiger partial charge in [-0.15, -0.1) is 0 Å². The van der Waals surface area contributed by atoms with E-state index >= 15 is 0 Å². The highest BCUT2D eigenvalue weighted by Gasteiger charge is 2.26. The highest BCUT2D eigenvalue weighted by molar-refractivity contribution is 6.30. The summed E-state index contributed by atoms with van der Waals surface area (Å²) in [5.74, 6) is -1.23. The average molecular weight is 421 g/mol. The number of halogens is 2. The fourth-order valence-electron chi connectivity index (χ4n) is 2.73. The molecule has 0 unspecified atom stereocenters. The Kier molecular flexibility index (Phi) is 8.93. The van der Waals surface area contributed by atoms with Gasteiger partial charge in [-0.3, -0.25) is 9.59 Å². The van der Waals surface area contributed by atoms with E-state index in [-0.39, 0.29) is 24.8 Å². The predicted octanol–water partition coefficient (Wildman–Crippen LogP) is 4.19. The number of para-hydroxylation sites is 1. The molecule has 0 aliphatic heterocycles. The molecule has 2 rings (SSSR count). The molecule has 0 aliphatic carbocycles. The lowest BCUT2D eigenvalue weighted by Gasteiger charge is -2.28. The number of benzene rings is 2. The van der Waals surface area contributed by atoms with Crippen molar-refractivity contribution in [1.29, 1.82) is 0 Å². The van der Waals surface area contributed by atoms with Crippen LogP contribution in [0, 0.1) is 5.82 Å². The van der Waals surface area contributed by atoms with E-state index in [4.69, 9.17) is 16.3 Å². The zero-order chi connectivity index (χ0) is 21.2. The van der Waals surface area contributed by atoms with Crippen molar-refractivity contribution in [3.8, 4) is 5.75 Å². The molecule has 0 fully saturated rings. The van der Waals surface area contributed by atoms with Crippen molar-refractivity contribution in [1.82, 2.24) is 10.2 Å². The second-order valence-electron chi connectivity index (χ2n) is 6.69. The molecule has 0 bridgehead atoms. The van der Waals surface area contributed by atoms with E-state index in [0.717, 1.165) is 18.4 Å². The Balaban J connectivity index is 2.12. The molecular weight excluding hydrogens is 395 g/mol. The molecule has 2 aromatic rings. The zero-order valence-corrected chi connectivity index (χ0v) is 17.4. The summed E-state index contributed by atoms with van der Waals surface area (Å²) in [5.41, 5.74) is 0.782. The Morgan fingerprint density at radius 2 is 1.97 bits per heavy atom. The normalized spacial score (nSPS) is 11.6. The highest BCUT2D eigenvalue weighted by atomic mass is 35.5. The molecule has 1 atom stereocenters. The maximum atomic E-state index is 13.8. The Labute approximate surface area is 175 Å². The molecule has 2 amide bonds. The second kappa shape index (κ2) is 11.4. The van der Waals surface area contributed by atoms with Crippen LogP contribution in [0.1, 0.15) is 32.3 Å². The maximum Gasteiger partial charge on any atom is 0.261 e. The van der Waals surface area contributed by atoms with E-state index in [9.17, 15) is 14.0 Å². The highest BCUT2D eigenvalue weighted by Crippen LogP contribution is 2.17. The average Bonchev–Trinajstić information content (AvgIpc) is 2.71. The fraction of sp³-hybridized carbons (Fsp3) is 0.364. The quantitative estimate of drug-likeness (QED) is 0.586. The summed E-state index contributed by atoms with van der Waals surface area (Å²) < 4.78 is 19.1. The number of hydrogen-bond acceptors (Lipinski definition) is 3. The van der Waals surface area contributed by atoms with Crippen LogP contribution in [0.25, 0.3) is 0 Å². The maximum absolute atomic E-state index is 13.8. The summed E-state index contributed by atoms with van der Waals surface area (Å²) in [5, 5.41) is 3.38. The van der Waals surface area contributed by atoms with Gasteiger partial charge in [-0.05, 0) is 43.2 Å². The van der Waals surface area contributed by atoms with E-state index in [0.29, 0.717) is 11.6 Å². The van der Waals surface area contributed by atoms with Gasteiger partial charge in [-0.25, -0.2) is 4.39 Å². The number of rotatable bonds is 10. The molecule has 0 radical (unpaired) electrons. The molecule has 0 aliphatic rings. The number of carbonyl (C=O) groups is 2. The van der Waals surface area contributed by atoms with Crippen molar-refractivity contribution in [3.05, 3.63) is 64.9 Å². The van der Waals surface area contributed by atoms with E-state index in [1.807, 2.05) is 13.0 Å². The molecule has 0 aromatic heterocycles. The van der Waals surface area contributed by atoms with E-state index in [1.54, 1.807) is 31.2 Å². The van der Waals surface area contributed by atoms with Gasteiger partial charge < -0.3 is 15.0 Å². The first-order chi connectivity index (χ1) is 13.9. The third kappa shape index (κ3) is 7.06. The van der Waals surface area contributed by atoms with Gasteiger partial charge in [0.15, 0.2) is 18.2 Å². The lowest BCUT2D eigenvalue weighted by molar-refractivity contribution is -0.142. The van der Waals surface area contributed by atoms with E-state index in [1.165, 1.54) is 23.1 Å². The number of amides is 2. The van der Waals surface area contributed by atoms with E-state index in [2.05, 4.69) is 5.32 Å². The van der Waals surface area contributed by atoms with Crippen LogP contribution in [0.3, 0.4) is 0 Å². The number of ether oxygens (including phenoxy) is 1. The summed E-state index contributed by atoms with van der Waals surface area (Å²) in [6, 6.07) is 12.2. The summed E-state index contributed by atoms with van der Waals surface area (Å²) in [7, 11) is 0. The van der Waals surface area contributed by atoms with Crippen LogP contribution < -0.4 is 10.1 Å². The third-order valence-electron chi connectivity index (χ3n) is 4.43. The Bertz CT molecular complexity index is 831. The van der Waals surface area contributed by atoms with Crippen molar-refractivity contribution < 1.29 is 18.7 Å². The number of nitrogens with one attached hydrogen (secondary N) is 1. The van der Waals surface area contributed by atoms with Gasteiger partial charge in [0.25, 0.3) is 5.91 Å². The standard InChI is InChI=1S/C22H26ClFN2O3/c1-3-4-12-25-22(28)16(2)26(14-17-8-7-9-18(23)13-17)21(27)15-29-20-11-6-5-10-19(20)24/h5-11,13,16H,3-4,12,14-15H2,1-2H3,(H,25,28)/t16-/m0/s1. The van der Waals surface area contributed by atoms with Gasteiger partial charge in [0.05, 0.1) is 0 Å². The first-order valence-corrected chi connectivity index (χ1v) is 9.99. The van der Waals surface area contributed by atoms with Crippen LogP contribution in [-0.4, -0.2) is 35.9 Å². The van der Waals surface area contributed by atoms with Crippen LogP contribution in [0.15, 0.2) is 48.5 Å². The minimum Gasteiger partial charge on any atom is -0.481 e. The molecule has 29 heavy (non-hydrogen) atoms. The Morgan fingerprint density at radius 3 is 2.66 bits per heavy atom. The lowest BCUT2D eigenvalue weighted by Crippen LogP contribution is -2.49. The van der Waals surface area contributed by atoms with Crippen molar-refractivity contribution in [3.63, 3.8) is 0 Å². The zero-order valence-electron chi connectivity index (χ0n) is 16.7. The number of hydrogen-bond donors (Lipinski definition) is 1. The monoisotopic (exact) mass is 420 g/mol. The largest absolute Gasteiger partial charge is 0.481 e. The second-order valence-corrected chi connectivity index (χ2v) is 7.13. The van der Waals surface area contributed by atoms with Crippen LogP contribution >= 0.6 is 11.6 Å². The van der Waals surface area contributed by atoms with Gasteiger partial charge in [0.1, 0.15) is 6.04 Å². The minimum atomic E-state index is -0.720. The number of unbranched alkanes of at least 4 members (excludes halogenated alkanes) is 1. The molecule has 1 N–H and O–H groups in total. The fourth-order valence-corrected chi connectivity index (χ4v) is 2.95. The number of nitrogens with zero attached hydrogens (tertiary/aromatic N) is 1. The van der Waals surface area contributed by atoms with Crippen molar-refractivity contribution in [2.75, 3.05) is 13.2 Å². The summed E-state index contributed by atoms with van der Waals surface area (Å²) in [6.45, 7) is 4.04. The first kappa shape index (κ1) is 22.7. The first-order valence-electron chi connectivity index (χ1n) is 9.61. The molecule has 156 valence electrons. The van der Waals surface area contributed by atoms with Gasteiger partial charge in [-0.1, -0.05) is 49.2 Å².